The minimum absolute atomic E-state index is 0.151. The molecule has 3 aromatic heterocycles. The van der Waals surface area contributed by atoms with Crippen LogP contribution in [0.15, 0.2) is 51.8 Å². The first-order valence-electron chi connectivity index (χ1n) is 8.60. The lowest BCUT2D eigenvalue weighted by Crippen LogP contribution is -2.26. The van der Waals surface area contributed by atoms with Crippen molar-refractivity contribution in [3.63, 3.8) is 0 Å². The van der Waals surface area contributed by atoms with E-state index in [1.54, 1.807) is 13.0 Å². The lowest BCUT2D eigenvalue weighted by atomic mass is 10.1. The van der Waals surface area contributed by atoms with Crippen molar-refractivity contribution in [1.82, 2.24) is 24.9 Å². The second-order valence-corrected chi connectivity index (χ2v) is 6.14. The van der Waals surface area contributed by atoms with Crippen LogP contribution in [0.2, 0.25) is 0 Å². The maximum atomic E-state index is 12.1. The number of nitrogens with zero attached hydrogens (tertiary/aromatic N) is 5. The Morgan fingerprint density at radius 1 is 1.07 bits per heavy atom. The zero-order chi connectivity index (χ0) is 18.8. The van der Waals surface area contributed by atoms with Gasteiger partial charge < -0.3 is 9.84 Å². The molecular weight excluding hydrogens is 344 g/mol. The van der Waals surface area contributed by atoms with Gasteiger partial charge in [-0.3, -0.25) is 4.79 Å². The largest absolute Gasteiger partial charge is 0.367 e. The number of hydrogen-bond acceptors (Lipinski definition) is 7. The van der Waals surface area contributed by atoms with E-state index in [0.29, 0.717) is 36.1 Å². The predicted octanol–water partition coefficient (Wildman–Crippen LogP) is 2.57. The van der Waals surface area contributed by atoms with Crippen LogP contribution < -0.4 is 10.9 Å². The summed E-state index contributed by atoms with van der Waals surface area (Å²) in [4.78, 5) is 20.8. The summed E-state index contributed by atoms with van der Waals surface area (Å²) in [5.74, 6) is 1.23. The second kappa shape index (κ2) is 6.99. The average Bonchev–Trinajstić information content (AvgIpc) is 3.04. The van der Waals surface area contributed by atoms with E-state index in [9.17, 15) is 4.79 Å². The van der Waals surface area contributed by atoms with Crippen molar-refractivity contribution in [2.75, 3.05) is 11.9 Å². The third-order valence-corrected chi connectivity index (χ3v) is 4.17. The predicted molar refractivity (Wildman–Crippen MR) is 101 cm³/mol. The highest BCUT2D eigenvalue weighted by atomic mass is 16.5. The molecule has 0 radical (unpaired) electrons. The summed E-state index contributed by atoms with van der Waals surface area (Å²) in [6, 6.07) is 13.0. The van der Waals surface area contributed by atoms with E-state index in [-0.39, 0.29) is 5.56 Å². The summed E-state index contributed by atoms with van der Waals surface area (Å²) >= 11 is 0. The van der Waals surface area contributed by atoms with Crippen LogP contribution in [0.3, 0.4) is 0 Å². The Morgan fingerprint density at radius 3 is 2.70 bits per heavy atom. The molecule has 4 rings (SSSR count). The fraction of sp³-hybridized carbons (Fsp3) is 0.211. The van der Waals surface area contributed by atoms with Gasteiger partial charge in [0, 0.05) is 18.2 Å². The number of hydrogen-bond donors (Lipinski definition) is 1. The lowest BCUT2D eigenvalue weighted by molar-refractivity contribution is 0.442. The van der Waals surface area contributed by atoms with Gasteiger partial charge in [-0.15, -0.1) is 0 Å². The molecule has 0 unspecified atom stereocenters. The van der Waals surface area contributed by atoms with Crippen LogP contribution in [-0.4, -0.2) is 31.4 Å². The Labute approximate surface area is 154 Å². The highest BCUT2D eigenvalue weighted by molar-refractivity contribution is 5.87. The van der Waals surface area contributed by atoms with Gasteiger partial charge in [-0.2, -0.15) is 10.1 Å². The third kappa shape index (κ3) is 3.41. The fourth-order valence-electron chi connectivity index (χ4n) is 2.88. The molecule has 0 aliphatic carbocycles. The van der Waals surface area contributed by atoms with Gasteiger partial charge in [0.05, 0.1) is 17.9 Å². The Kier molecular flexibility index (Phi) is 4.37. The zero-order valence-electron chi connectivity index (χ0n) is 15.0. The van der Waals surface area contributed by atoms with Crippen LogP contribution in [0, 0.1) is 13.8 Å². The quantitative estimate of drug-likeness (QED) is 0.582. The average molecular weight is 362 g/mol. The summed E-state index contributed by atoms with van der Waals surface area (Å²) in [6.07, 6.45) is 0. The summed E-state index contributed by atoms with van der Waals surface area (Å²) in [5, 5.41) is 12.4. The number of rotatable bonds is 5. The van der Waals surface area contributed by atoms with E-state index < -0.39 is 0 Å². The second-order valence-electron chi connectivity index (χ2n) is 6.14. The van der Waals surface area contributed by atoms with Crippen molar-refractivity contribution in [2.45, 2.75) is 20.4 Å². The molecule has 0 saturated carbocycles. The van der Waals surface area contributed by atoms with Gasteiger partial charge in [-0.1, -0.05) is 35.5 Å². The van der Waals surface area contributed by atoms with Crippen molar-refractivity contribution in [2.24, 2.45) is 0 Å². The van der Waals surface area contributed by atoms with E-state index >= 15 is 0 Å². The lowest BCUT2D eigenvalue weighted by Gasteiger charge is -2.09. The van der Waals surface area contributed by atoms with Gasteiger partial charge in [-0.05, 0) is 19.9 Å². The Balaban J connectivity index is 1.55. The zero-order valence-corrected chi connectivity index (χ0v) is 15.0. The smallest absolute Gasteiger partial charge is 0.266 e. The molecule has 0 fully saturated rings. The van der Waals surface area contributed by atoms with Gasteiger partial charge in [0.1, 0.15) is 17.0 Å². The molecule has 0 saturated heterocycles. The number of fused-ring (bicyclic) bond motifs is 1. The van der Waals surface area contributed by atoms with Crippen LogP contribution in [0.25, 0.3) is 22.4 Å². The standard InChI is InChI=1S/C19H18N6O2/c1-12-17-18(21-13(2)22-19(17)27-24-12)20-10-11-25-16(26)9-8-15(23-25)14-6-4-3-5-7-14/h3-9H,10-11H2,1-2H3,(H,20,21,22). The normalized spacial score (nSPS) is 11.0. The number of benzene rings is 1. The molecule has 1 N–H and O–H groups in total. The molecule has 0 atom stereocenters. The van der Waals surface area contributed by atoms with E-state index in [0.717, 1.165) is 16.6 Å². The Bertz CT molecular complexity index is 1150. The highest BCUT2D eigenvalue weighted by Gasteiger charge is 2.13. The van der Waals surface area contributed by atoms with E-state index in [1.807, 2.05) is 37.3 Å². The van der Waals surface area contributed by atoms with Crippen LogP contribution in [-0.2, 0) is 6.54 Å². The van der Waals surface area contributed by atoms with E-state index in [1.165, 1.54) is 10.7 Å². The summed E-state index contributed by atoms with van der Waals surface area (Å²) < 4.78 is 6.66. The first-order chi connectivity index (χ1) is 13.1. The molecule has 0 aliphatic heterocycles. The topological polar surface area (TPSA) is 98.7 Å². The van der Waals surface area contributed by atoms with Crippen molar-refractivity contribution < 1.29 is 4.52 Å². The minimum atomic E-state index is -0.151. The molecule has 1 aromatic carbocycles. The first-order valence-corrected chi connectivity index (χ1v) is 8.60. The molecule has 0 amide bonds. The highest BCUT2D eigenvalue weighted by Crippen LogP contribution is 2.23. The van der Waals surface area contributed by atoms with Crippen LogP contribution >= 0.6 is 0 Å². The number of anilines is 1. The molecule has 3 heterocycles. The van der Waals surface area contributed by atoms with E-state index in [2.05, 4.69) is 25.5 Å². The number of aromatic nitrogens is 5. The van der Waals surface area contributed by atoms with Crippen LogP contribution in [0.1, 0.15) is 11.5 Å². The fourth-order valence-corrected chi connectivity index (χ4v) is 2.88. The molecule has 0 spiro atoms. The van der Waals surface area contributed by atoms with Gasteiger partial charge in [0.25, 0.3) is 11.3 Å². The molecule has 8 nitrogen and oxygen atoms in total. The minimum Gasteiger partial charge on any atom is -0.367 e. The van der Waals surface area contributed by atoms with Crippen molar-refractivity contribution in [3.05, 3.63) is 64.3 Å². The summed E-state index contributed by atoms with van der Waals surface area (Å²) in [6.45, 7) is 4.50. The molecule has 8 heteroatoms. The van der Waals surface area contributed by atoms with E-state index in [4.69, 9.17) is 4.52 Å². The maximum absolute atomic E-state index is 12.1. The molecule has 136 valence electrons. The van der Waals surface area contributed by atoms with Crippen molar-refractivity contribution in [3.8, 4) is 11.3 Å². The molecular formula is C19H18N6O2. The molecule has 4 aromatic rings. The Morgan fingerprint density at radius 2 is 1.89 bits per heavy atom. The monoisotopic (exact) mass is 362 g/mol. The Hall–Kier alpha value is -3.55. The van der Waals surface area contributed by atoms with Crippen molar-refractivity contribution in [1.29, 1.82) is 0 Å². The number of nitrogens with one attached hydrogen (secondary N) is 1. The van der Waals surface area contributed by atoms with Crippen LogP contribution in [0.4, 0.5) is 5.82 Å². The molecule has 27 heavy (non-hydrogen) atoms. The molecule has 0 aliphatic rings. The maximum Gasteiger partial charge on any atom is 0.266 e. The van der Waals surface area contributed by atoms with Gasteiger partial charge >= 0.3 is 0 Å². The van der Waals surface area contributed by atoms with Gasteiger partial charge in [0.15, 0.2) is 0 Å². The SMILES string of the molecule is Cc1nc(NCCn2nc(-c3ccccc3)ccc2=O)c2c(C)noc2n1. The summed E-state index contributed by atoms with van der Waals surface area (Å²) in [7, 11) is 0. The van der Waals surface area contributed by atoms with Crippen LogP contribution in [0.5, 0.6) is 0 Å². The summed E-state index contributed by atoms with van der Waals surface area (Å²) in [5.41, 5.74) is 2.73. The first kappa shape index (κ1) is 16.9. The van der Waals surface area contributed by atoms with Gasteiger partial charge in [-0.25, -0.2) is 9.67 Å². The third-order valence-electron chi connectivity index (χ3n) is 4.17. The molecule has 0 bridgehead atoms. The van der Waals surface area contributed by atoms with Gasteiger partial charge in [0.2, 0.25) is 0 Å². The number of aryl methyl sites for hydroxylation is 2. The van der Waals surface area contributed by atoms with Crippen molar-refractivity contribution >= 4 is 16.9 Å².